The fraction of sp³-hybridized carbons (Fsp3) is 0.0204. The number of hydrogen-bond donors (Lipinski definition) is 0. The SMILES string of the molecule is Cc1ccc(C2=C(c3ccc(-c4ccccc4)cc3)[B-](c3ccc(-c4ccccc4)cc3)(c3ccc(-c4ccccc4)cc3)[o+]3cccc32)cc1. The molecule has 9 rings (SSSR count). The second-order valence-electron chi connectivity index (χ2n) is 13.6. The molecule has 51 heavy (non-hydrogen) atoms. The molecule has 0 saturated heterocycles. The summed E-state index contributed by atoms with van der Waals surface area (Å²) < 4.78 is 3.77. The number of fused-ring (bicyclic) bond motifs is 1. The largest absolute Gasteiger partial charge is 0.777 e. The van der Waals surface area contributed by atoms with Gasteiger partial charge < -0.3 is 3.96 Å². The van der Waals surface area contributed by atoms with Crippen molar-refractivity contribution in [1.29, 1.82) is 0 Å². The van der Waals surface area contributed by atoms with E-state index in [-0.39, 0.29) is 0 Å². The number of rotatable bonds is 7. The minimum absolute atomic E-state index is 1.15. The molecule has 0 N–H and O–H groups in total. The first-order valence-corrected chi connectivity index (χ1v) is 17.8. The summed E-state index contributed by atoms with van der Waals surface area (Å²) in [5.41, 5.74) is 16.0. The molecule has 2 heterocycles. The van der Waals surface area contributed by atoms with Crippen LogP contribution in [0.1, 0.15) is 22.5 Å². The Balaban J connectivity index is 1.33. The van der Waals surface area contributed by atoms with Gasteiger partial charge in [0.1, 0.15) is 0 Å². The Morgan fingerprint density at radius 2 is 0.706 bits per heavy atom. The molecular weight excluding hydrogens is 615 g/mol. The molecule has 0 spiro atoms. The van der Waals surface area contributed by atoms with Crippen molar-refractivity contribution < 1.29 is 3.96 Å². The predicted molar refractivity (Wildman–Crippen MR) is 216 cm³/mol. The van der Waals surface area contributed by atoms with Gasteiger partial charge >= 0.3 is 6.35 Å². The van der Waals surface area contributed by atoms with Crippen LogP contribution in [0.2, 0.25) is 0 Å². The van der Waals surface area contributed by atoms with Gasteiger partial charge in [0.15, 0.2) is 6.26 Å². The van der Waals surface area contributed by atoms with E-state index >= 15 is 0 Å². The Morgan fingerprint density at radius 1 is 0.333 bits per heavy atom. The van der Waals surface area contributed by atoms with E-state index in [2.05, 4.69) is 217 Å². The Bertz CT molecular complexity index is 2370. The topological polar surface area (TPSA) is 2.70 Å². The minimum atomic E-state index is -1.75. The first-order valence-electron chi connectivity index (χ1n) is 17.8. The smallest absolute Gasteiger partial charge is 0.421 e. The molecule has 1 aromatic heterocycles. The van der Waals surface area contributed by atoms with Crippen molar-refractivity contribution in [3.05, 3.63) is 229 Å². The summed E-state index contributed by atoms with van der Waals surface area (Å²) in [5.74, 6) is 1.15. The molecule has 7 aromatic carbocycles. The van der Waals surface area contributed by atoms with Gasteiger partial charge in [-0.2, -0.15) is 0 Å². The zero-order chi connectivity index (χ0) is 34.2. The Morgan fingerprint density at radius 3 is 1.16 bits per heavy atom. The molecule has 0 atom stereocenters. The van der Waals surface area contributed by atoms with Crippen LogP contribution in [-0.4, -0.2) is 6.35 Å². The number of benzene rings is 7. The van der Waals surface area contributed by atoms with E-state index < -0.39 is 6.35 Å². The standard InChI is InChI=1S/C49H37BO/c1-36-19-21-43(22-20-36)48-47-18-11-35-51(47)50(45-31-27-41(28-32-45)38-14-7-3-8-15-38,46-33-29-42(30-34-46)39-16-9-4-10-17-39)49(48)44-25-23-40(24-26-44)37-12-5-2-6-13-37/h2-35H,1H3. The van der Waals surface area contributed by atoms with E-state index in [4.69, 9.17) is 0 Å². The quantitative estimate of drug-likeness (QED) is 0.119. The van der Waals surface area contributed by atoms with Gasteiger partial charge in [-0.15, -0.1) is 10.9 Å². The van der Waals surface area contributed by atoms with Gasteiger partial charge in [-0.25, -0.2) is 0 Å². The maximum Gasteiger partial charge on any atom is 0.421 e. The van der Waals surface area contributed by atoms with Crippen molar-refractivity contribution in [3.63, 3.8) is 0 Å². The minimum Gasteiger partial charge on any atom is -0.777 e. The number of furan rings is 1. The first kappa shape index (κ1) is 30.7. The second-order valence-corrected chi connectivity index (χ2v) is 13.6. The zero-order valence-electron chi connectivity index (χ0n) is 28.6. The van der Waals surface area contributed by atoms with E-state index in [9.17, 15) is 0 Å². The summed E-state index contributed by atoms with van der Waals surface area (Å²) in [5, 5.41) is 0. The third-order valence-corrected chi connectivity index (χ3v) is 10.6. The summed E-state index contributed by atoms with van der Waals surface area (Å²) in [7, 11) is 0. The van der Waals surface area contributed by atoms with Crippen LogP contribution in [0.3, 0.4) is 0 Å². The maximum absolute atomic E-state index is 3.77. The molecule has 0 fully saturated rings. The van der Waals surface area contributed by atoms with Crippen LogP contribution in [0.15, 0.2) is 210 Å². The van der Waals surface area contributed by atoms with Crippen LogP contribution >= 0.6 is 0 Å². The summed E-state index contributed by atoms with van der Waals surface area (Å²) in [6.07, 6.45) is 0.459. The summed E-state index contributed by atoms with van der Waals surface area (Å²) >= 11 is 0. The molecule has 1 aliphatic heterocycles. The molecule has 1 nitrogen and oxygen atoms in total. The lowest BCUT2D eigenvalue weighted by Crippen LogP contribution is -2.59. The van der Waals surface area contributed by atoms with Crippen LogP contribution in [0.5, 0.6) is 0 Å². The monoisotopic (exact) mass is 652 g/mol. The fourth-order valence-corrected chi connectivity index (χ4v) is 8.18. The van der Waals surface area contributed by atoms with Gasteiger partial charge in [-0.05, 0) is 51.4 Å². The Kier molecular flexibility index (Phi) is 7.71. The van der Waals surface area contributed by atoms with Crippen molar-refractivity contribution >= 4 is 28.3 Å². The van der Waals surface area contributed by atoms with Crippen molar-refractivity contribution in [3.8, 4) is 33.4 Å². The average molecular weight is 653 g/mol. The molecular formula is C49H37BO. The lowest BCUT2D eigenvalue weighted by Gasteiger charge is -2.39. The molecule has 2 heteroatoms. The third kappa shape index (κ3) is 5.28. The second kappa shape index (κ2) is 12.8. The molecule has 8 aromatic rings. The molecule has 0 bridgehead atoms. The predicted octanol–water partition coefficient (Wildman–Crippen LogP) is 11.4. The van der Waals surface area contributed by atoms with Gasteiger partial charge in [0.2, 0.25) is 5.76 Å². The van der Waals surface area contributed by atoms with Gasteiger partial charge in [-0.1, -0.05) is 199 Å². The molecule has 0 unspecified atom stereocenters. The van der Waals surface area contributed by atoms with Gasteiger partial charge in [0.25, 0.3) is 0 Å². The molecule has 0 aliphatic carbocycles. The normalized spacial score (nSPS) is 13.3. The van der Waals surface area contributed by atoms with Crippen molar-refractivity contribution in [2.45, 2.75) is 6.92 Å². The highest BCUT2D eigenvalue weighted by Gasteiger charge is 2.52. The Hall–Kier alpha value is -6.38. The lowest BCUT2D eigenvalue weighted by molar-refractivity contribution is 0.376. The summed E-state index contributed by atoms with van der Waals surface area (Å²) in [6.45, 7) is 2.16. The van der Waals surface area contributed by atoms with Crippen molar-refractivity contribution in [2.75, 3.05) is 0 Å². The average Bonchev–Trinajstić information content (AvgIpc) is 3.80. The van der Waals surface area contributed by atoms with E-state index in [0.717, 1.165) is 5.76 Å². The fourth-order valence-electron chi connectivity index (χ4n) is 8.18. The lowest BCUT2D eigenvalue weighted by atomic mass is 9.27. The van der Waals surface area contributed by atoms with E-state index in [1.807, 2.05) is 0 Å². The van der Waals surface area contributed by atoms with Crippen molar-refractivity contribution in [1.82, 2.24) is 0 Å². The van der Waals surface area contributed by atoms with Gasteiger partial charge in [0.05, 0.1) is 0 Å². The Labute approximate surface area is 300 Å². The highest BCUT2D eigenvalue weighted by Crippen LogP contribution is 2.50. The third-order valence-electron chi connectivity index (χ3n) is 10.6. The molecule has 1 aliphatic rings. The highest BCUT2D eigenvalue weighted by molar-refractivity contribution is 7.13. The molecule has 0 amide bonds. The van der Waals surface area contributed by atoms with Crippen LogP contribution in [0.25, 0.3) is 44.4 Å². The van der Waals surface area contributed by atoms with E-state index in [0.29, 0.717) is 0 Å². The first-order chi connectivity index (χ1) is 25.2. The summed E-state index contributed by atoms with van der Waals surface area (Å²) in [4.78, 5) is 0. The van der Waals surface area contributed by atoms with Crippen LogP contribution in [0, 0.1) is 6.92 Å². The van der Waals surface area contributed by atoms with Crippen LogP contribution in [0.4, 0.5) is 0 Å². The number of hydrogen-bond acceptors (Lipinski definition) is 0. The van der Waals surface area contributed by atoms with Crippen LogP contribution < -0.4 is 10.9 Å². The van der Waals surface area contributed by atoms with Crippen LogP contribution in [-0.2, 0) is 0 Å². The van der Waals surface area contributed by atoms with E-state index in [1.54, 1.807) is 0 Å². The summed E-state index contributed by atoms with van der Waals surface area (Å²) in [6, 6.07) is 73.2. The van der Waals surface area contributed by atoms with Crippen molar-refractivity contribution in [2.24, 2.45) is 0 Å². The van der Waals surface area contributed by atoms with Gasteiger partial charge in [-0.3, -0.25) is 0 Å². The molecule has 242 valence electrons. The van der Waals surface area contributed by atoms with Gasteiger partial charge in [0, 0.05) is 17.7 Å². The highest BCUT2D eigenvalue weighted by atomic mass is 16.5. The maximum atomic E-state index is 3.77. The van der Waals surface area contributed by atoms with E-state index in [1.165, 1.54) is 72.0 Å². The molecule has 0 radical (unpaired) electrons. The zero-order valence-corrected chi connectivity index (χ0v) is 28.6. The number of aryl methyl sites for hydroxylation is 1. The molecule has 0 saturated carbocycles.